The minimum Gasteiger partial charge on any atom is -0.481 e. The zero-order valence-electron chi connectivity index (χ0n) is 9.30. The van der Waals surface area contributed by atoms with Crippen LogP contribution in [0.3, 0.4) is 0 Å². The van der Waals surface area contributed by atoms with E-state index in [0.29, 0.717) is 19.3 Å². The average molecular weight is 200 g/mol. The summed E-state index contributed by atoms with van der Waals surface area (Å²) < 4.78 is 0. The van der Waals surface area contributed by atoms with Gasteiger partial charge in [0.2, 0.25) is 0 Å². The van der Waals surface area contributed by atoms with Gasteiger partial charge < -0.3 is 5.11 Å². The molecule has 3 heteroatoms. The molecule has 0 aromatic rings. The molecule has 14 heavy (non-hydrogen) atoms. The fourth-order valence-corrected chi connectivity index (χ4v) is 1.77. The second-order valence-corrected chi connectivity index (χ2v) is 3.73. The lowest BCUT2D eigenvalue weighted by atomic mass is 9.74. The highest BCUT2D eigenvalue weighted by atomic mass is 16.4. The third kappa shape index (κ3) is 3.13. The van der Waals surface area contributed by atoms with Crippen LogP contribution in [0, 0.1) is 5.41 Å². The number of aliphatic carboxylic acids is 1. The molecule has 0 atom stereocenters. The van der Waals surface area contributed by atoms with E-state index in [1.807, 2.05) is 20.8 Å². The zero-order chi connectivity index (χ0) is 11.2. The molecular formula is C11H20O3. The molecule has 0 fully saturated rings. The van der Waals surface area contributed by atoms with Gasteiger partial charge in [0, 0.05) is 11.8 Å². The number of hydrogen-bond donors (Lipinski definition) is 1. The van der Waals surface area contributed by atoms with E-state index >= 15 is 0 Å². The number of carbonyl (C=O) groups is 2. The molecule has 0 radical (unpaired) electrons. The average Bonchev–Trinajstić information content (AvgIpc) is 2.14. The van der Waals surface area contributed by atoms with Crippen molar-refractivity contribution in [1.82, 2.24) is 0 Å². The van der Waals surface area contributed by atoms with Crippen molar-refractivity contribution in [3.63, 3.8) is 0 Å². The van der Waals surface area contributed by atoms with Gasteiger partial charge in [0.15, 0.2) is 0 Å². The number of ketones is 1. The molecule has 0 saturated carbocycles. The molecule has 0 aliphatic rings. The molecule has 0 heterocycles. The first-order valence-electron chi connectivity index (χ1n) is 5.27. The molecule has 0 bridgehead atoms. The van der Waals surface area contributed by atoms with E-state index in [1.165, 1.54) is 0 Å². The molecule has 3 nitrogen and oxygen atoms in total. The van der Waals surface area contributed by atoms with Gasteiger partial charge in [-0.25, -0.2) is 0 Å². The molecule has 0 aromatic carbocycles. The van der Waals surface area contributed by atoms with Crippen molar-refractivity contribution in [3.05, 3.63) is 0 Å². The lowest BCUT2D eigenvalue weighted by molar-refractivity contribution is -0.145. The van der Waals surface area contributed by atoms with Gasteiger partial charge in [0.1, 0.15) is 5.78 Å². The number of rotatable bonds is 7. The van der Waals surface area contributed by atoms with Gasteiger partial charge in [-0.15, -0.1) is 0 Å². The Morgan fingerprint density at radius 1 is 1.14 bits per heavy atom. The van der Waals surface area contributed by atoms with E-state index in [2.05, 4.69) is 0 Å². The normalized spacial score (nSPS) is 11.4. The summed E-state index contributed by atoms with van der Waals surface area (Å²) >= 11 is 0. The molecule has 0 rings (SSSR count). The van der Waals surface area contributed by atoms with Crippen molar-refractivity contribution >= 4 is 11.8 Å². The van der Waals surface area contributed by atoms with Crippen LogP contribution in [0.1, 0.15) is 52.9 Å². The van der Waals surface area contributed by atoms with E-state index in [0.717, 1.165) is 6.42 Å². The van der Waals surface area contributed by atoms with Gasteiger partial charge in [0.25, 0.3) is 0 Å². The first-order valence-corrected chi connectivity index (χ1v) is 5.27. The predicted molar refractivity (Wildman–Crippen MR) is 55.2 cm³/mol. The summed E-state index contributed by atoms with van der Waals surface area (Å²) in [6.45, 7) is 5.72. The van der Waals surface area contributed by atoms with E-state index in [1.54, 1.807) is 0 Å². The minimum atomic E-state index is -0.877. The molecule has 0 saturated heterocycles. The minimum absolute atomic E-state index is 0.0289. The van der Waals surface area contributed by atoms with Gasteiger partial charge in [-0.2, -0.15) is 0 Å². The summed E-state index contributed by atoms with van der Waals surface area (Å²) in [5.74, 6) is -0.773. The summed E-state index contributed by atoms with van der Waals surface area (Å²) in [5.41, 5.74) is -0.623. The van der Waals surface area contributed by atoms with Crippen LogP contribution < -0.4 is 0 Å². The molecule has 0 aliphatic carbocycles. The van der Waals surface area contributed by atoms with Crippen molar-refractivity contribution in [1.29, 1.82) is 0 Å². The van der Waals surface area contributed by atoms with Gasteiger partial charge in [-0.1, -0.05) is 20.8 Å². The molecule has 0 aliphatic heterocycles. The number of carbonyl (C=O) groups excluding carboxylic acids is 1. The lowest BCUT2D eigenvalue weighted by Gasteiger charge is -2.28. The first kappa shape index (κ1) is 13.1. The topological polar surface area (TPSA) is 54.4 Å². The smallest absolute Gasteiger partial charge is 0.304 e. The van der Waals surface area contributed by atoms with Gasteiger partial charge in [-0.3, -0.25) is 9.59 Å². The molecular weight excluding hydrogens is 180 g/mol. The van der Waals surface area contributed by atoms with Crippen LogP contribution in [0.5, 0.6) is 0 Å². The fraction of sp³-hybridized carbons (Fsp3) is 0.818. The van der Waals surface area contributed by atoms with Crippen LogP contribution in [0.2, 0.25) is 0 Å². The maximum atomic E-state index is 11.8. The van der Waals surface area contributed by atoms with Crippen molar-refractivity contribution in [3.8, 4) is 0 Å². The van der Waals surface area contributed by atoms with Gasteiger partial charge >= 0.3 is 5.97 Å². The number of carboxylic acids is 1. The Bertz CT molecular complexity index is 205. The third-order valence-electron chi connectivity index (χ3n) is 2.91. The highest BCUT2D eigenvalue weighted by Crippen LogP contribution is 2.33. The SMILES string of the molecule is CCCC(=O)C(CC)(CC)CC(=O)O. The quantitative estimate of drug-likeness (QED) is 0.687. The van der Waals surface area contributed by atoms with Crippen molar-refractivity contribution in [2.75, 3.05) is 0 Å². The molecule has 0 unspecified atom stereocenters. The van der Waals surface area contributed by atoms with Crippen LogP contribution in [-0.4, -0.2) is 16.9 Å². The Morgan fingerprint density at radius 2 is 1.64 bits per heavy atom. The largest absolute Gasteiger partial charge is 0.481 e. The van der Waals surface area contributed by atoms with Crippen LogP contribution >= 0.6 is 0 Å². The summed E-state index contributed by atoms with van der Waals surface area (Å²) in [7, 11) is 0. The number of Topliss-reactive ketones (excluding diaryl/α,β-unsaturated/α-hetero) is 1. The molecule has 0 amide bonds. The van der Waals surface area contributed by atoms with E-state index in [4.69, 9.17) is 5.11 Å². The Kier molecular flexibility index (Phi) is 5.43. The zero-order valence-corrected chi connectivity index (χ0v) is 9.30. The predicted octanol–water partition coefficient (Wildman–Crippen LogP) is 2.64. The van der Waals surface area contributed by atoms with Gasteiger partial charge in [-0.05, 0) is 19.3 Å². The van der Waals surface area contributed by atoms with E-state index < -0.39 is 11.4 Å². The Labute approximate surface area is 85.5 Å². The highest BCUT2D eigenvalue weighted by Gasteiger charge is 2.35. The van der Waals surface area contributed by atoms with E-state index in [9.17, 15) is 9.59 Å². The summed E-state index contributed by atoms with van der Waals surface area (Å²) in [4.78, 5) is 22.5. The maximum Gasteiger partial charge on any atom is 0.304 e. The fourth-order valence-electron chi connectivity index (χ4n) is 1.77. The second kappa shape index (κ2) is 5.78. The Morgan fingerprint density at radius 3 is 1.93 bits per heavy atom. The Hall–Kier alpha value is -0.860. The number of carboxylic acid groups (broad SMARTS) is 1. The van der Waals surface area contributed by atoms with Crippen molar-refractivity contribution in [2.45, 2.75) is 52.9 Å². The number of hydrogen-bond acceptors (Lipinski definition) is 2. The second-order valence-electron chi connectivity index (χ2n) is 3.73. The lowest BCUT2D eigenvalue weighted by Crippen LogP contribution is -2.32. The molecule has 0 aromatic heterocycles. The van der Waals surface area contributed by atoms with Crippen molar-refractivity contribution < 1.29 is 14.7 Å². The monoisotopic (exact) mass is 200 g/mol. The van der Waals surface area contributed by atoms with Crippen LogP contribution in [0.25, 0.3) is 0 Å². The molecule has 0 spiro atoms. The Balaban J connectivity index is 4.67. The highest BCUT2D eigenvalue weighted by molar-refractivity contribution is 5.88. The van der Waals surface area contributed by atoms with Crippen LogP contribution in [-0.2, 0) is 9.59 Å². The maximum absolute atomic E-state index is 11.8. The standard InChI is InChI=1S/C11H20O3/c1-4-7-9(12)11(5-2,6-3)8-10(13)14/h4-8H2,1-3H3,(H,13,14). The molecule has 1 N–H and O–H groups in total. The van der Waals surface area contributed by atoms with Crippen molar-refractivity contribution in [2.24, 2.45) is 5.41 Å². The summed E-state index contributed by atoms with van der Waals surface area (Å²) in [6.07, 6.45) is 2.50. The summed E-state index contributed by atoms with van der Waals surface area (Å²) in [5, 5.41) is 8.78. The first-order chi connectivity index (χ1) is 6.52. The van der Waals surface area contributed by atoms with E-state index in [-0.39, 0.29) is 12.2 Å². The summed E-state index contributed by atoms with van der Waals surface area (Å²) in [6, 6.07) is 0. The van der Waals surface area contributed by atoms with Crippen LogP contribution in [0.4, 0.5) is 0 Å². The van der Waals surface area contributed by atoms with Gasteiger partial charge in [0.05, 0.1) is 6.42 Å². The molecule has 82 valence electrons. The van der Waals surface area contributed by atoms with Crippen LogP contribution in [0.15, 0.2) is 0 Å². The third-order valence-corrected chi connectivity index (χ3v) is 2.91.